The van der Waals surface area contributed by atoms with E-state index >= 15 is 0 Å². The first-order valence-corrected chi connectivity index (χ1v) is 8.52. The Morgan fingerprint density at radius 1 is 1.38 bits per heavy atom. The van der Waals surface area contributed by atoms with E-state index in [0.29, 0.717) is 6.54 Å². The van der Waals surface area contributed by atoms with Crippen molar-refractivity contribution in [2.75, 3.05) is 20.2 Å². The largest absolute Gasteiger partial charge is 0.497 e. The lowest BCUT2D eigenvalue weighted by atomic mass is 10.0. The quantitative estimate of drug-likeness (QED) is 0.890. The SMILES string of the molecule is COc1cc(F)c(C(=O)N[C@@H]2CCCN(Cc3cccnc3)C2)c(F)c1. The summed E-state index contributed by atoms with van der Waals surface area (Å²) in [5, 5.41) is 2.75. The van der Waals surface area contributed by atoms with E-state index in [1.54, 1.807) is 6.20 Å². The Kier molecular flexibility index (Phi) is 5.78. The molecule has 0 radical (unpaired) electrons. The number of amides is 1. The maximum Gasteiger partial charge on any atom is 0.257 e. The molecule has 1 saturated heterocycles. The van der Waals surface area contributed by atoms with Crippen LogP contribution in [-0.2, 0) is 6.54 Å². The Hall–Kier alpha value is -2.54. The summed E-state index contributed by atoms with van der Waals surface area (Å²) < 4.78 is 32.9. The number of aromatic nitrogens is 1. The van der Waals surface area contributed by atoms with E-state index in [1.165, 1.54) is 7.11 Å². The number of nitrogens with zero attached hydrogens (tertiary/aromatic N) is 2. The zero-order valence-corrected chi connectivity index (χ0v) is 14.5. The van der Waals surface area contributed by atoms with Crippen LogP contribution in [0, 0.1) is 11.6 Å². The number of benzene rings is 1. The highest BCUT2D eigenvalue weighted by molar-refractivity contribution is 5.95. The highest BCUT2D eigenvalue weighted by atomic mass is 19.1. The molecular formula is C19H21F2N3O2. The monoisotopic (exact) mass is 361 g/mol. The minimum absolute atomic E-state index is 0.0388. The van der Waals surface area contributed by atoms with Crippen molar-refractivity contribution >= 4 is 5.91 Å². The molecule has 1 N–H and O–H groups in total. The first kappa shape index (κ1) is 18.3. The van der Waals surface area contributed by atoms with Gasteiger partial charge in [0.15, 0.2) is 0 Å². The summed E-state index contributed by atoms with van der Waals surface area (Å²) in [6.07, 6.45) is 5.21. The van der Waals surface area contributed by atoms with Crippen molar-refractivity contribution in [3.05, 3.63) is 59.4 Å². The Morgan fingerprint density at radius 3 is 2.81 bits per heavy atom. The summed E-state index contributed by atoms with van der Waals surface area (Å²) in [5.41, 5.74) is 0.516. The van der Waals surface area contributed by atoms with Crippen LogP contribution in [0.5, 0.6) is 5.75 Å². The smallest absolute Gasteiger partial charge is 0.257 e. The molecule has 5 nitrogen and oxygen atoms in total. The molecule has 2 heterocycles. The van der Waals surface area contributed by atoms with Gasteiger partial charge in [-0.1, -0.05) is 6.07 Å². The fraction of sp³-hybridized carbons (Fsp3) is 0.368. The maximum absolute atomic E-state index is 14.1. The number of hydrogen-bond donors (Lipinski definition) is 1. The first-order chi connectivity index (χ1) is 12.6. The number of piperidine rings is 1. The molecule has 1 aliphatic heterocycles. The zero-order chi connectivity index (χ0) is 18.5. The predicted octanol–water partition coefficient (Wildman–Crippen LogP) is 2.76. The number of rotatable bonds is 5. The summed E-state index contributed by atoms with van der Waals surface area (Å²) in [4.78, 5) is 18.7. The molecule has 1 aromatic heterocycles. The first-order valence-electron chi connectivity index (χ1n) is 8.52. The number of halogens is 2. The predicted molar refractivity (Wildman–Crippen MR) is 92.9 cm³/mol. The number of pyridine rings is 1. The molecular weight excluding hydrogens is 340 g/mol. The van der Waals surface area contributed by atoms with E-state index in [0.717, 1.165) is 43.6 Å². The Balaban J connectivity index is 1.64. The zero-order valence-electron chi connectivity index (χ0n) is 14.5. The van der Waals surface area contributed by atoms with E-state index in [9.17, 15) is 13.6 Å². The number of carbonyl (C=O) groups excluding carboxylic acids is 1. The highest BCUT2D eigenvalue weighted by Crippen LogP contribution is 2.21. The van der Waals surface area contributed by atoms with Crippen LogP contribution in [-0.4, -0.2) is 42.0 Å². The number of likely N-dealkylation sites (tertiary alicyclic amines) is 1. The van der Waals surface area contributed by atoms with E-state index in [2.05, 4.69) is 15.2 Å². The van der Waals surface area contributed by atoms with Crippen LogP contribution in [0.4, 0.5) is 8.78 Å². The van der Waals surface area contributed by atoms with Gasteiger partial charge in [0.05, 0.1) is 7.11 Å². The van der Waals surface area contributed by atoms with Crippen LogP contribution < -0.4 is 10.1 Å². The van der Waals surface area contributed by atoms with Crippen molar-refractivity contribution in [3.63, 3.8) is 0 Å². The van der Waals surface area contributed by atoms with Crippen molar-refractivity contribution in [1.29, 1.82) is 0 Å². The minimum Gasteiger partial charge on any atom is -0.497 e. The van der Waals surface area contributed by atoms with E-state index in [-0.39, 0.29) is 11.8 Å². The summed E-state index contributed by atoms with van der Waals surface area (Å²) in [6.45, 7) is 2.26. The van der Waals surface area contributed by atoms with Gasteiger partial charge in [-0.25, -0.2) is 8.78 Å². The van der Waals surface area contributed by atoms with Crippen molar-refractivity contribution < 1.29 is 18.3 Å². The van der Waals surface area contributed by atoms with Gasteiger partial charge in [0, 0.05) is 43.7 Å². The molecule has 0 aliphatic carbocycles. The molecule has 26 heavy (non-hydrogen) atoms. The molecule has 0 saturated carbocycles. The number of ether oxygens (including phenoxy) is 1. The average molecular weight is 361 g/mol. The topological polar surface area (TPSA) is 54.5 Å². The molecule has 1 aromatic carbocycles. The van der Waals surface area contributed by atoms with E-state index in [1.807, 2.05) is 18.3 Å². The average Bonchev–Trinajstić information content (AvgIpc) is 2.62. The second kappa shape index (κ2) is 8.23. The minimum atomic E-state index is -0.928. The van der Waals surface area contributed by atoms with Gasteiger partial charge < -0.3 is 10.1 Å². The molecule has 3 rings (SSSR count). The standard InChI is InChI=1S/C19H21F2N3O2/c1-26-15-8-16(20)18(17(21)9-15)19(25)23-14-5-3-7-24(12-14)11-13-4-2-6-22-10-13/h2,4,6,8-10,14H,3,5,7,11-12H2,1H3,(H,23,25)/t14-/m1/s1. The van der Waals surface area contributed by atoms with Gasteiger partial charge >= 0.3 is 0 Å². The lowest BCUT2D eigenvalue weighted by Crippen LogP contribution is -2.47. The molecule has 0 bridgehead atoms. The van der Waals surface area contributed by atoms with Crippen molar-refractivity contribution in [1.82, 2.24) is 15.2 Å². The Bertz CT molecular complexity index is 748. The molecule has 7 heteroatoms. The molecule has 2 aromatic rings. The van der Waals surface area contributed by atoms with Gasteiger partial charge in [-0.2, -0.15) is 0 Å². The van der Waals surface area contributed by atoms with Crippen LogP contribution in [0.2, 0.25) is 0 Å². The van der Waals surface area contributed by atoms with Gasteiger partial charge in [0.1, 0.15) is 22.9 Å². The van der Waals surface area contributed by atoms with Crippen molar-refractivity contribution in [2.24, 2.45) is 0 Å². The van der Waals surface area contributed by atoms with Gasteiger partial charge in [-0.3, -0.25) is 14.7 Å². The summed E-state index contributed by atoms with van der Waals surface area (Å²) >= 11 is 0. The number of methoxy groups -OCH3 is 1. The Morgan fingerprint density at radius 2 is 2.15 bits per heavy atom. The summed E-state index contributed by atoms with van der Waals surface area (Å²) in [7, 11) is 1.31. The van der Waals surface area contributed by atoms with Gasteiger partial charge in [0.25, 0.3) is 5.91 Å². The second-order valence-corrected chi connectivity index (χ2v) is 6.38. The van der Waals surface area contributed by atoms with Crippen LogP contribution in [0.25, 0.3) is 0 Å². The molecule has 1 fully saturated rings. The summed E-state index contributed by atoms with van der Waals surface area (Å²) in [6, 6.07) is 5.74. The van der Waals surface area contributed by atoms with Crippen LogP contribution in [0.3, 0.4) is 0 Å². The third-order valence-corrected chi connectivity index (χ3v) is 4.45. The maximum atomic E-state index is 14.1. The van der Waals surface area contributed by atoms with Gasteiger partial charge in [-0.05, 0) is 31.0 Å². The molecule has 0 unspecified atom stereocenters. The molecule has 138 valence electrons. The Labute approximate surface area is 151 Å². The molecule has 0 spiro atoms. The van der Waals surface area contributed by atoms with E-state index < -0.39 is 23.1 Å². The number of nitrogens with one attached hydrogen (secondary N) is 1. The fourth-order valence-corrected chi connectivity index (χ4v) is 3.21. The van der Waals surface area contributed by atoms with Crippen LogP contribution in [0.1, 0.15) is 28.8 Å². The third kappa shape index (κ3) is 4.35. The van der Waals surface area contributed by atoms with Gasteiger partial charge in [0.2, 0.25) is 0 Å². The highest BCUT2D eigenvalue weighted by Gasteiger charge is 2.25. The van der Waals surface area contributed by atoms with Crippen LogP contribution in [0.15, 0.2) is 36.7 Å². The lowest BCUT2D eigenvalue weighted by molar-refractivity contribution is 0.0892. The molecule has 1 aliphatic rings. The summed E-state index contributed by atoms with van der Waals surface area (Å²) in [5.74, 6) is -2.56. The molecule has 1 atom stereocenters. The third-order valence-electron chi connectivity index (χ3n) is 4.45. The number of hydrogen-bond acceptors (Lipinski definition) is 4. The van der Waals surface area contributed by atoms with Gasteiger partial charge in [-0.15, -0.1) is 0 Å². The number of carbonyl (C=O) groups is 1. The van der Waals surface area contributed by atoms with Crippen molar-refractivity contribution in [3.8, 4) is 5.75 Å². The fourth-order valence-electron chi connectivity index (χ4n) is 3.21. The normalized spacial score (nSPS) is 17.7. The van der Waals surface area contributed by atoms with Crippen molar-refractivity contribution in [2.45, 2.75) is 25.4 Å². The van der Waals surface area contributed by atoms with Crippen LogP contribution >= 0.6 is 0 Å². The lowest BCUT2D eigenvalue weighted by Gasteiger charge is -2.33. The second-order valence-electron chi connectivity index (χ2n) is 6.38. The van der Waals surface area contributed by atoms with E-state index in [4.69, 9.17) is 4.74 Å². The molecule has 1 amide bonds.